The number of nitrogens with two attached hydrogens (primary N) is 1. The van der Waals surface area contributed by atoms with Crippen LogP contribution in [0.4, 0.5) is 4.79 Å². The van der Waals surface area contributed by atoms with E-state index < -0.39 is 41.1 Å². The highest BCUT2D eigenvalue weighted by molar-refractivity contribution is 5.75. The van der Waals surface area contributed by atoms with Gasteiger partial charge >= 0.3 is 12.1 Å². The smallest absolute Gasteiger partial charge is 0.407 e. The fourth-order valence-electron chi connectivity index (χ4n) is 1.62. The molecule has 14 heteroatoms. The molecule has 0 fully saturated rings. The molecule has 25 heavy (non-hydrogen) atoms. The van der Waals surface area contributed by atoms with Crippen LogP contribution in [0.1, 0.15) is 26.2 Å². The van der Waals surface area contributed by atoms with Crippen LogP contribution in [0.25, 0.3) is 0 Å². The first-order chi connectivity index (χ1) is 11.6. The number of aliphatic carboxylic acids is 1. The fourth-order valence-corrected chi connectivity index (χ4v) is 1.62. The summed E-state index contributed by atoms with van der Waals surface area (Å²) in [5.41, 5.74) is 5.29. The normalized spacial score (nSPS) is 15.0. The highest BCUT2D eigenvalue weighted by Gasteiger charge is 2.23. The Morgan fingerprint density at radius 3 is 2.32 bits per heavy atom. The van der Waals surface area contributed by atoms with Gasteiger partial charge in [-0.3, -0.25) is 25.6 Å². The lowest BCUT2D eigenvalue weighted by atomic mass is 10.1. The Morgan fingerprint density at radius 2 is 1.80 bits per heavy atom. The second-order valence-corrected chi connectivity index (χ2v) is 4.93. The second kappa shape index (κ2) is 12.7. The Hall–Kier alpha value is -1.62. The predicted octanol–water partition coefficient (Wildman–Crippen LogP) is -0.924. The van der Waals surface area contributed by atoms with E-state index >= 15 is 0 Å². The number of ether oxygens (including phenoxy) is 1. The standard InChI is InChI=1S/C11H24N4O10/c1-7(9(12)10(16)17)24-11(18)13-5-3-2-4-8(25-15(21)22)6-23-14(19)20/h7-9,19-22H,2-6,12H2,1H3,(H,13,18)(H,16,17). The minimum atomic E-state index is -1.33. The number of nitrogens with one attached hydrogen (secondary N) is 1. The van der Waals surface area contributed by atoms with Crippen LogP contribution >= 0.6 is 0 Å². The van der Waals surface area contributed by atoms with Gasteiger partial charge in [0, 0.05) is 6.54 Å². The zero-order valence-electron chi connectivity index (χ0n) is 13.5. The zero-order valence-corrected chi connectivity index (χ0v) is 13.5. The molecule has 148 valence electrons. The van der Waals surface area contributed by atoms with E-state index in [1.54, 1.807) is 0 Å². The van der Waals surface area contributed by atoms with E-state index in [1.807, 2.05) is 0 Å². The molecule has 0 aliphatic rings. The Balaban J connectivity index is 3.96. The molecular formula is C11H24N4O10. The van der Waals surface area contributed by atoms with E-state index in [9.17, 15) is 9.59 Å². The molecule has 0 spiro atoms. The van der Waals surface area contributed by atoms with Gasteiger partial charge in [-0.25, -0.2) is 14.5 Å². The molecule has 0 aromatic carbocycles. The molecule has 3 atom stereocenters. The summed E-state index contributed by atoms with van der Waals surface area (Å²) in [4.78, 5) is 30.9. The SMILES string of the molecule is CC(OC(=O)NCCCCC(CON(O)O)ON(O)O)C(N)C(=O)O. The third-order valence-electron chi connectivity index (χ3n) is 2.93. The maximum absolute atomic E-state index is 11.4. The number of rotatable bonds is 13. The van der Waals surface area contributed by atoms with Crippen molar-refractivity contribution >= 4 is 12.1 Å². The molecule has 0 aromatic rings. The molecule has 0 saturated heterocycles. The van der Waals surface area contributed by atoms with Crippen molar-refractivity contribution in [1.82, 2.24) is 16.1 Å². The first kappa shape index (κ1) is 23.4. The lowest BCUT2D eigenvalue weighted by molar-refractivity contribution is -0.527. The molecule has 0 heterocycles. The fraction of sp³-hybridized carbons (Fsp3) is 0.818. The van der Waals surface area contributed by atoms with E-state index in [1.165, 1.54) is 6.92 Å². The summed E-state index contributed by atoms with van der Waals surface area (Å²) >= 11 is 0. The Morgan fingerprint density at radius 1 is 1.16 bits per heavy atom. The van der Waals surface area contributed by atoms with Crippen molar-refractivity contribution in [2.75, 3.05) is 13.2 Å². The monoisotopic (exact) mass is 372 g/mol. The molecule has 0 aliphatic carbocycles. The lowest BCUT2D eigenvalue weighted by Gasteiger charge is -2.19. The van der Waals surface area contributed by atoms with Crippen LogP contribution in [-0.4, -0.2) is 80.2 Å². The molecule has 3 unspecified atom stereocenters. The van der Waals surface area contributed by atoms with Gasteiger partial charge in [0.2, 0.25) is 0 Å². The average molecular weight is 372 g/mol. The molecule has 0 bridgehead atoms. The largest absolute Gasteiger partial charge is 0.480 e. The summed E-state index contributed by atoms with van der Waals surface area (Å²) in [5, 5.41) is 44.0. The summed E-state index contributed by atoms with van der Waals surface area (Å²) in [5.74, 6) is -1.29. The Labute approximate surface area is 142 Å². The number of alkyl carbamates (subject to hydrolysis) is 1. The van der Waals surface area contributed by atoms with Crippen molar-refractivity contribution in [3.8, 4) is 0 Å². The number of hydrogen-bond donors (Lipinski definition) is 7. The molecule has 14 nitrogen and oxygen atoms in total. The van der Waals surface area contributed by atoms with Crippen LogP contribution in [0, 0.1) is 0 Å². The van der Waals surface area contributed by atoms with Gasteiger partial charge in [-0.15, -0.1) is 0 Å². The van der Waals surface area contributed by atoms with E-state index in [4.69, 9.17) is 36.4 Å². The number of carboxylic acids is 1. The van der Waals surface area contributed by atoms with Crippen LogP contribution in [0.15, 0.2) is 0 Å². The van der Waals surface area contributed by atoms with Gasteiger partial charge in [-0.1, -0.05) is 0 Å². The summed E-state index contributed by atoms with van der Waals surface area (Å²) in [6, 6.07) is -1.33. The zero-order chi connectivity index (χ0) is 19.4. The highest BCUT2D eigenvalue weighted by Crippen LogP contribution is 2.07. The quantitative estimate of drug-likeness (QED) is 0.154. The number of carbonyl (C=O) groups is 2. The highest BCUT2D eigenvalue weighted by atomic mass is 17.1. The van der Waals surface area contributed by atoms with Gasteiger partial charge in [-0.2, -0.15) is 0 Å². The number of carboxylic acid groups (broad SMARTS) is 1. The summed E-state index contributed by atoms with van der Waals surface area (Å²) in [6.45, 7) is 1.15. The molecule has 0 aromatic heterocycles. The van der Waals surface area contributed by atoms with E-state index in [2.05, 4.69) is 15.0 Å². The summed E-state index contributed by atoms with van der Waals surface area (Å²) in [7, 11) is 0. The van der Waals surface area contributed by atoms with Crippen molar-refractivity contribution in [3.05, 3.63) is 0 Å². The molecular weight excluding hydrogens is 348 g/mol. The van der Waals surface area contributed by atoms with Gasteiger partial charge in [-0.05, 0) is 26.2 Å². The van der Waals surface area contributed by atoms with Gasteiger partial charge in [0.05, 0.1) is 10.8 Å². The topological polar surface area (TPSA) is 208 Å². The van der Waals surface area contributed by atoms with Gasteiger partial charge in [0.15, 0.2) is 0 Å². The van der Waals surface area contributed by atoms with Crippen molar-refractivity contribution in [2.24, 2.45) is 5.73 Å². The third-order valence-corrected chi connectivity index (χ3v) is 2.93. The van der Waals surface area contributed by atoms with E-state index in [0.29, 0.717) is 12.8 Å². The minimum absolute atomic E-state index is 0.190. The summed E-state index contributed by atoms with van der Waals surface area (Å²) < 4.78 is 4.78. The maximum Gasteiger partial charge on any atom is 0.407 e. The van der Waals surface area contributed by atoms with Crippen LogP contribution in [0.3, 0.4) is 0 Å². The first-order valence-corrected chi connectivity index (χ1v) is 7.21. The van der Waals surface area contributed by atoms with Crippen LogP contribution in [0.5, 0.6) is 0 Å². The Kier molecular flexibility index (Phi) is 11.9. The maximum atomic E-state index is 11.4. The molecule has 8 N–H and O–H groups in total. The van der Waals surface area contributed by atoms with Crippen molar-refractivity contribution in [1.29, 1.82) is 0 Å². The summed E-state index contributed by atoms with van der Waals surface area (Å²) in [6.07, 6.45) is -1.64. The number of carbonyl (C=O) groups excluding carboxylic acids is 1. The number of amides is 1. The molecule has 0 radical (unpaired) electrons. The molecule has 1 amide bonds. The lowest BCUT2D eigenvalue weighted by Crippen LogP contribution is -2.44. The van der Waals surface area contributed by atoms with Crippen molar-refractivity contribution in [2.45, 2.75) is 44.4 Å². The van der Waals surface area contributed by atoms with Gasteiger partial charge in [0.25, 0.3) is 0 Å². The number of nitrogens with zero attached hydrogens (tertiary/aromatic N) is 2. The van der Waals surface area contributed by atoms with Crippen LogP contribution in [0.2, 0.25) is 0 Å². The van der Waals surface area contributed by atoms with Crippen LogP contribution in [-0.2, 0) is 19.2 Å². The second-order valence-electron chi connectivity index (χ2n) is 4.93. The molecule has 0 saturated carbocycles. The number of unbranched alkanes of at least 4 members (excludes halogenated alkanes) is 1. The predicted molar refractivity (Wildman–Crippen MR) is 75.1 cm³/mol. The minimum Gasteiger partial charge on any atom is -0.480 e. The van der Waals surface area contributed by atoms with E-state index in [0.717, 1.165) is 0 Å². The average Bonchev–Trinajstić information content (AvgIpc) is 2.50. The van der Waals surface area contributed by atoms with E-state index in [-0.39, 0.29) is 19.6 Å². The Bertz CT molecular complexity index is 397. The van der Waals surface area contributed by atoms with Gasteiger partial charge < -0.3 is 20.9 Å². The molecule has 0 aliphatic heterocycles. The van der Waals surface area contributed by atoms with Gasteiger partial charge in [0.1, 0.15) is 24.9 Å². The third kappa shape index (κ3) is 12.4. The molecule has 0 rings (SSSR count). The first-order valence-electron chi connectivity index (χ1n) is 7.21. The van der Waals surface area contributed by atoms with Crippen molar-refractivity contribution < 1.29 is 49.9 Å². The van der Waals surface area contributed by atoms with Crippen molar-refractivity contribution in [3.63, 3.8) is 0 Å². The van der Waals surface area contributed by atoms with Crippen LogP contribution < -0.4 is 11.1 Å². The number of hydrogen-bond acceptors (Lipinski definition) is 12.